The number of urea groups is 1. The van der Waals surface area contributed by atoms with Gasteiger partial charge in [-0.25, -0.2) is 4.79 Å². The van der Waals surface area contributed by atoms with Crippen LogP contribution in [0.5, 0.6) is 5.75 Å². The second-order valence-corrected chi connectivity index (χ2v) is 6.08. The van der Waals surface area contributed by atoms with Crippen LogP contribution < -0.4 is 15.4 Å². The SMILES string of the molecule is COc1ccc2[nH]cc(CCNC(=O)NCCC3CCCO3)c2c1. The third-order valence-electron chi connectivity index (χ3n) is 4.43. The lowest BCUT2D eigenvalue weighted by Crippen LogP contribution is -2.37. The molecule has 1 aromatic heterocycles. The summed E-state index contributed by atoms with van der Waals surface area (Å²) < 4.78 is 10.8. The number of nitrogens with one attached hydrogen (secondary N) is 3. The molecule has 6 nitrogen and oxygen atoms in total. The van der Waals surface area contributed by atoms with Crippen LogP contribution in [-0.4, -0.2) is 43.9 Å². The number of hydrogen-bond donors (Lipinski definition) is 3. The fourth-order valence-corrected chi connectivity index (χ4v) is 3.08. The van der Waals surface area contributed by atoms with Gasteiger partial charge in [0.25, 0.3) is 0 Å². The molecule has 0 radical (unpaired) electrons. The highest BCUT2D eigenvalue weighted by Gasteiger charge is 2.15. The van der Waals surface area contributed by atoms with Gasteiger partial charge in [0.05, 0.1) is 13.2 Å². The van der Waals surface area contributed by atoms with Crippen molar-refractivity contribution in [2.24, 2.45) is 0 Å². The Morgan fingerprint density at radius 2 is 2.25 bits per heavy atom. The van der Waals surface area contributed by atoms with Gasteiger partial charge in [0.15, 0.2) is 0 Å². The number of fused-ring (bicyclic) bond motifs is 1. The van der Waals surface area contributed by atoms with Crippen LogP contribution in [0, 0.1) is 0 Å². The highest BCUT2D eigenvalue weighted by Crippen LogP contribution is 2.23. The van der Waals surface area contributed by atoms with E-state index in [1.165, 1.54) is 5.56 Å². The fraction of sp³-hybridized carbons (Fsp3) is 0.500. The lowest BCUT2D eigenvalue weighted by atomic mass is 10.1. The Balaban J connectivity index is 1.41. The minimum atomic E-state index is -0.120. The molecule has 1 aliphatic heterocycles. The minimum Gasteiger partial charge on any atom is -0.497 e. The van der Waals surface area contributed by atoms with Crippen LogP contribution in [0.15, 0.2) is 24.4 Å². The molecule has 0 spiro atoms. The first-order valence-electron chi connectivity index (χ1n) is 8.53. The predicted octanol–water partition coefficient (Wildman–Crippen LogP) is 2.59. The molecule has 2 amide bonds. The Kier molecular flexibility index (Phi) is 5.59. The molecule has 1 fully saturated rings. The third-order valence-corrected chi connectivity index (χ3v) is 4.43. The highest BCUT2D eigenvalue weighted by atomic mass is 16.5. The number of rotatable bonds is 7. The summed E-state index contributed by atoms with van der Waals surface area (Å²) in [6, 6.07) is 5.83. The molecule has 1 unspecified atom stereocenters. The molecular weight excluding hydrogens is 306 g/mol. The summed E-state index contributed by atoms with van der Waals surface area (Å²) in [6.07, 6.45) is 6.19. The number of H-pyrrole nitrogens is 1. The van der Waals surface area contributed by atoms with E-state index in [0.29, 0.717) is 19.2 Å². The normalized spacial score (nSPS) is 17.1. The smallest absolute Gasteiger partial charge is 0.314 e. The van der Waals surface area contributed by atoms with E-state index >= 15 is 0 Å². The number of ether oxygens (including phenoxy) is 2. The van der Waals surface area contributed by atoms with Crippen LogP contribution in [0.3, 0.4) is 0 Å². The molecule has 6 heteroatoms. The molecule has 3 rings (SSSR count). The number of benzene rings is 1. The zero-order valence-electron chi connectivity index (χ0n) is 14.1. The Morgan fingerprint density at radius 3 is 3.04 bits per heavy atom. The van der Waals surface area contributed by atoms with Crippen LogP contribution in [-0.2, 0) is 11.2 Å². The van der Waals surface area contributed by atoms with Gasteiger partial charge in [-0.3, -0.25) is 0 Å². The van der Waals surface area contributed by atoms with Gasteiger partial charge in [0.1, 0.15) is 5.75 Å². The molecule has 3 N–H and O–H groups in total. The first-order chi connectivity index (χ1) is 11.8. The van der Waals surface area contributed by atoms with Crippen molar-refractivity contribution >= 4 is 16.9 Å². The molecule has 0 saturated carbocycles. The van der Waals surface area contributed by atoms with Crippen LogP contribution in [0.25, 0.3) is 10.9 Å². The lowest BCUT2D eigenvalue weighted by Gasteiger charge is -2.11. The number of aromatic nitrogens is 1. The average Bonchev–Trinajstić information content (AvgIpc) is 3.24. The molecule has 0 aliphatic carbocycles. The summed E-state index contributed by atoms with van der Waals surface area (Å²) in [5, 5.41) is 6.93. The highest BCUT2D eigenvalue weighted by molar-refractivity contribution is 5.84. The van der Waals surface area contributed by atoms with Crippen molar-refractivity contribution in [3.05, 3.63) is 30.0 Å². The monoisotopic (exact) mass is 331 g/mol. The Labute approximate surface area is 141 Å². The van der Waals surface area contributed by atoms with Crippen molar-refractivity contribution in [3.63, 3.8) is 0 Å². The predicted molar refractivity (Wildman–Crippen MR) is 93.5 cm³/mol. The third kappa shape index (κ3) is 4.20. The van der Waals surface area contributed by atoms with Crippen LogP contribution in [0.4, 0.5) is 4.79 Å². The molecule has 130 valence electrons. The zero-order chi connectivity index (χ0) is 16.8. The number of aromatic amines is 1. The topological polar surface area (TPSA) is 75.4 Å². The number of carbonyl (C=O) groups excluding carboxylic acids is 1. The van der Waals surface area contributed by atoms with Crippen molar-refractivity contribution in [3.8, 4) is 5.75 Å². The summed E-state index contributed by atoms with van der Waals surface area (Å²) in [5.74, 6) is 0.836. The zero-order valence-corrected chi connectivity index (χ0v) is 14.1. The van der Waals surface area contributed by atoms with Gasteiger partial charge in [-0.1, -0.05) is 0 Å². The number of hydrogen-bond acceptors (Lipinski definition) is 3. The largest absolute Gasteiger partial charge is 0.497 e. The quantitative estimate of drug-likeness (QED) is 0.730. The number of carbonyl (C=O) groups is 1. The molecule has 0 bridgehead atoms. The molecule has 2 heterocycles. The van der Waals surface area contributed by atoms with Crippen molar-refractivity contribution in [1.82, 2.24) is 15.6 Å². The van der Waals surface area contributed by atoms with Crippen molar-refractivity contribution in [2.75, 3.05) is 26.8 Å². The number of methoxy groups -OCH3 is 1. The maximum Gasteiger partial charge on any atom is 0.314 e. The maximum absolute atomic E-state index is 11.8. The first kappa shape index (κ1) is 16.6. The van der Waals surface area contributed by atoms with E-state index in [1.54, 1.807) is 7.11 Å². The molecule has 1 saturated heterocycles. The van der Waals surface area contributed by atoms with Crippen molar-refractivity contribution in [1.29, 1.82) is 0 Å². The Hall–Kier alpha value is -2.21. The van der Waals surface area contributed by atoms with Crippen LogP contribution in [0.2, 0.25) is 0 Å². The summed E-state index contributed by atoms with van der Waals surface area (Å²) in [7, 11) is 1.66. The van der Waals surface area contributed by atoms with Gasteiger partial charge in [0.2, 0.25) is 0 Å². The second-order valence-electron chi connectivity index (χ2n) is 6.08. The van der Waals surface area contributed by atoms with E-state index in [-0.39, 0.29) is 6.03 Å². The first-order valence-corrected chi connectivity index (χ1v) is 8.53. The molecular formula is C18H25N3O3. The second kappa shape index (κ2) is 8.06. The molecule has 1 aromatic carbocycles. The lowest BCUT2D eigenvalue weighted by molar-refractivity contribution is 0.104. The van der Waals surface area contributed by atoms with Crippen molar-refractivity contribution < 1.29 is 14.3 Å². The Bertz CT molecular complexity index is 677. The molecule has 1 aliphatic rings. The summed E-state index contributed by atoms with van der Waals surface area (Å²) in [4.78, 5) is 15.1. The summed E-state index contributed by atoms with van der Waals surface area (Å²) in [5.41, 5.74) is 2.25. The summed E-state index contributed by atoms with van der Waals surface area (Å²) in [6.45, 7) is 2.10. The number of amides is 2. The van der Waals surface area contributed by atoms with E-state index in [2.05, 4.69) is 15.6 Å². The Morgan fingerprint density at radius 1 is 1.38 bits per heavy atom. The van der Waals surface area contributed by atoms with Gasteiger partial charge in [0, 0.05) is 36.8 Å². The standard InChI is InChI=1S/C18H25N3O3/c1-23-15-4-5-17-16(11-15)13(12-21-17)6-8-19-18(22)20-9-7-14-3-2-10-24-14/h4-5,11-12,14,21H,2-3,6-10H2,1H3,(H2,19,20,22). The van der Waals surface area contributed by atoms with Gasteiger partial charge in [-0.05, 0) is 49.4 Å². The van der Waals surface area contributed by atoms with Gasteiger partial charge >= 0.3 is 6.03 Å². The van der Waals surface area contributed by atoms with Crippen LogP contribution in [0.1, 0.15) is 24.8 Å². The van der Waals surface area contributed by atoms with Gasteiger partial charge in [-0.15, -0.1) is 0 Å². The van der Waals surface area contributed by atoms with E-state index in [4.69, 9.17) is 9.47 Å². The fourth-order valence-electron chi connectivity index (χ4n) is 3.08. The van der Waals surface area contributed by atoms with Gasteiger partial charge < -0.3 is 25.1 Å². The van der Waals surface area contributed by atoms with E-state index in [9.17, 15) is 4.79 Å². The van der Waals surface area contributed by atoms with Crippen LogP contribution >= 0.6 is 0 Å². The molecule has 1 atom stereocenters. The minimum absolute atomic E-state index is 0.120. The van der Waals surface area contributed by atoms with E-state index in [0.717, 1.165) is 48.9 Å². The average molecular weight is 331 g/mol. The van der Waals surface area contributed by atoms with Gasteiger partial charge in [-0.2, -0.15) is 0 Å². The van der Waals surface area contributed by atoms with E-state index in [1.807, 2.05) is 24.4 Å². The molecule has 24 heavy (non-hydrogen) atoms. The maximum atomic E-state index is 11.8. The molecule has 2 aromatic rings. The van der Waals surface area contributed by atoms with Crippen molar-refractivity contribution in [2.45, 2.75) is 31.8 Å². The summed E-state index contributed by atoms with van der Waals surface area (Å²) >= 11 is 0. The van der Waals surface area contributed by atoms with E-state index < -0.39 is 0 Å².